The molecule has 1 aromatic carbocycles. The van der Waals surface area contributed by atoms with Gasteiger partial charge in [0, 0.05) is 18.6 Å². The number of carbonyl (C=O) groups is 1. The third-order valence-electron chi connectivity index (χ3n) is 4.61. The molecule has 2 heterocycles. The molecule has 2 unspecified atom stereocenters. The fraction of sp³-hybridized carbons (Fsp3) is 0.562. The fourth-order valence-corrected chi connectivity index (χ4v) is 5.63. The Hall–Kier alpha value is -1.44. The van der Waals surface area contributed by atoms with Crippen molar-refractivity contribution < 1.29 is 17.9 Å². The second-order valence-corrected chi connectivity index (χ2v) is 8.03. The number of hydrogen-bond acceptors (Lipinski definition) is 5. The molecule has 3 rings (SSSR count). The number of benzene rings is 1. The quantitative estimate of drug-likeness (QED) is 0.833. The van der Waals surface area contributed by atoms with Crippen molar-refractivity contribution >= 4 is 16.0 Å². The molecule has 23 heavy (non-hydrogen) atoms. The summed E-state index contributed by atoms with van der Waals surface area (Å²) in [5.74, 6) is -0.534. The van der Waals surface area contributed by atoms with Gasteiger partial charge in [-0.25, -0.2) is 13.2 Å². The number of rotatable bonds is 4. The van der Waals surface area contributed by atoms with Crippen LogP contribution in [0.4, 0.5) is 0 Å². The molecule has 0 aromatic heterocycles. The molecule has 0 spiro atoms. The van der Waals surface area contributed by atoms with E-state index in [1.807, 2.05) is 0 Å². The highest BCUT2D eigenvalue weighted by Crippen LogP contribution is 2.32. The molecule has 2 atom stereocenters. The molecule has 2 aliphatic heterocycles. The van der Waals surface area contributed by atoms with E-state index in [0.717, 1.165) is 32.4 Å². The van der Waals surface area contributed by atoms with Gasteiger partial charge >= 0.3 is 5.97 Å². The van der Waals surface area contributed by atoms with Crippen molar-refractivity contribution in [2.45, 2.75) is 37.1 Å². The van der Waals surface area contributed by atoms with Gasteiger partial charge in [0.15, 0.2) is 0 Å². The minimum absolute atomic E-state index is 0.0521. The molecule has 0 saturated carbocycles. The van der Waals surface area contributed by atoms with Crippen molar-refractivity contribution in [1.82, 2.24) is 9.62 Å². The summed E-state index contributed by atoms with van der Waals surface area (Å²) in [5, 5.41) is 3.31. The number of nitrogens with one attached hydrogen (secondary N) is 1. The predicted octanol–water partition coefficient (Wildman–Crippen LogP) is 1.13. The van der Waals surface area contributed by atoms with Gasteiger partial charge in [0.1, 0.15) is 0 Å². The summed E-state index contributed by atoms with van der Waals surface area (Å²) in [5.41, 5.74) is 0.991. The molecule has 0 amide bonds. The number of carbonyl (C=O) groups excluding carboxylic acids is 1. The van der Waals surface area contributed by atoms with Crippen LogP contribution >= 0.6 is 0 Å². The topological polar surface area (TPSA) is 75.7 Å². The Bertz CT molecular complexity index is 675. The van der Waals surface area contributed by atoms with Gasteiger partial charge in [-0.15, -0.1) is 0 Å². The van der Waals surface area contributed by atoms with E-state index in [-0.39, 0.29) is 17.8 Å². The van der Waals surface area contributed by atoms with E-state index in [0.29, 0.717) is 11.1 Å². The maximum Gasteiger partial charge on any atom is 0.337 e. The lowest BCUT2D eigenvalue weighted by molar-refractivity contribution is 0.0600. The Morgan fingerprint density at radius 1 is 1.30 bits per heavy atom. The van der Waals surface area contributed by atoms with Crippen molar-refractivity contribution in [3.8, 4) is 0 Å². The van der Waals surface area contributed by atoms with E-state index >= 15 is 0 Å². The van der Waals surface area contributed by atoms with Crippen LogP contribution in [0.2, 0.25) is 0 Å². The van der Waals surface area contributed by atoms with Crippen molar-refractivity contribution in [3.05, 3.63) is 35.4 Å². The van der Waals surface area contributed by atoms with Gasteiger partial charge in [0.05, 0.1) is 18.4 Å². The molecule has 126 valence electrons. The Kier molecular flexibility index (Phi) is 4.70. The van der Waals surface area contributed by atoms with E-state index in [1.165, 1.54) is 7.11 Å². The van der Waals surface area contributed by atoms with E-state index < -0.39 is 16.0 Å². The first-order valence-electron chi connectivity index (χ1n) is 7.90. The van der Waals surface area contributed by atoms with Crippen LogP contribution < -0.4 is 5.32 Å². The normalized spacial score (nSPS) is 25.1. The van der Waals surface area contributed by atoms with E-state index in [4.69, 9.17) is 4.74 Å². The Balaban J connectivity index is 1.82. The molecule has 1 N–H and O–H groups in total. The standard InChI is InChI=1S/C16H22N2O4S/c1-22-16(19)13-4-2-3-12(9-13)11-23(20,21)18-14-5-6-15(18)10-17-8-7-14/h2-4,9,14-15,17H,5-8,10-11H2,1H3. The van der Waals surface area contributed by atoms with Gasteiger partial charge < -0.3 is 10.1 Å². The Morgan fingerprint density at radius 3 is 2.87 bits per heavy atom. The zero-order valence-corrected chi connectivity index (χ0v) is 14.0. The van der Waals surface area contributed by atoms with Gasteiger partial charge in [0.25, 0.3) is 0 Å². The zero-order chi connectivity index (χ0) is 16.4. The number of fused-ring (bicyclic) bond motifs is 2. The van der Waals surface area contributed by atoms with Crippen LogP contribution in [0.1, 0.15) is 35.2 Å². The first-order chi connectivity index (χ1) is 11.0. The summed E-state index contributed by atoms with van der Waals surface area (Å²) in [6, 6.07) is 6.81. The van der Waals surface area contributed by atoms with Gasteiger partial charge in [-0.2, -0.15) is 4.31 Å². The van der Waals surface area contributed by atoms with Crippen LogP contribution in [0.15, 0.2) is 24.3 Å². The monoisotopic (exact) mass is 338 g/mol. The first kappa shape index (κ1) is 16.4. The van der Waals surface area contributed by atoms with Gasteiger partial charge in [-0.05, 0) is 43.5 Å². The summed E-state index contributed by atoms with van der Waals surface area (Å²) in [7, 11) is -2.09. The van der Waals surface area contributed by atoms with Crippen LogP contribution in [0.5, 0.6) is 0 Å². The Morgan fingerprint density at radius 2 is 2.09 bits per heavy atom. The van der Waals surface area contributed by atoms with Crippen molar-refractivity contribution in [3.63, 3.8) is 0 Å². The van der Waals surface area contributed by atoms with E-state index in [2.05, 4.69) is 5.32 Å². The minimum Gasteiger partial charge on any atom is -0.465 e. The molecule has 2 aliphatic rings. The average Bonchev–Trinajstić information content (AvgIpc) is 2.80. The average molecular weight is 338 g/mol. The summed E-state index contributed by atoms with van der Waals surface area (Å²) in [6.45, 7) is 1.59. The molecule has 2 bridgehead atoms. The molecule has 0 radical (unpaired) electrons. The van der Waals surface area contributed by atoms with Crippen molar-refractivity contribution in [2.24, 2.45) is 0 Å². The highest BCUT2D eigenvalue weighted by atomic mass is 32.2. The summed E-state index contributed by atoms with van der Waals surface area (Å²) >= 11 is 0. The predicted molar refractivity (Wildman–Crippen MR) is 86.5 cm³/mol. The fourth-order valence-electron chi connectivity index (χ4n) is 3.58. The van der Waals surface area contributed by atoms with Crippen molar-refractivity contribution in [2.75, 3.05) is 20.2 Å². The Labute approximate surface area is 136 Å². The number of hydrogen-bond donors (Lipinski definition) is 1. The second kappa shape index (κ2) is 6.59. The lowest BCUT2D eigenvalue weighted by atomic mass is 10.1. The SMILES string of the molecule is COC(=O)c1cccc(CS(=O)(=O)N2C3CCNCC2CC3)c1. The van der Waals surface area contributed by atoms with Gasteiger partial charge in [-0.3, -0.25) is 0 Å². The summed E-state index contributed by atoms with van der Waals surface area (Å²) in [4.78, 5) is 11.6. The number of ether oxygens (including phenoxy) is 1. The van der Waals surface area contributed by atoms with Gasteiger partial charge in [0.2, 0.25) is 10.0 Å². The highest BCUT2D eigenvalue weighted by molar-refractivity contribution is 7.88. The summed E-state index contributed by atoms with van der Waals surface area (Å²) < 4.78 is 32.2. The van der Waals surface area contributed by atoms with Crippen LogP contribution in [0.3, 0.4) is 0 Å². The maximum atomic E-state index is 12.9. The number of sulfonamides is 1. The number of esters is 1. The molecule has 2 saturated heterocycles. The smallest absolute Gasteiger partial charge is 0.337 e. The van der Waals surface area contributed by atoms with Crippen LogP contribution in [0, 0.1) is 0 Å². The maximum absolute atomic E-state index is 12.9. The van der Waals surface area contributed by atoms with E-state index in [9.17, 15) is 13.2 Å². The molecule has 6 nitrogen and oxygen atoms in total. The number of methoxy groups -OCH3 is 1. The summed E-state index contributed by atoms with van der Waals surface area (Å²) in [6.07, 6.45) is 2.71. The van der Waals surface area contributed by atoms with Crippen molar-refractivity contribution in [1.29, 1.82) is 0 Å². The van der Waals surface area contributed by atoms with Gasteiger partial charge in [-0.1, -0.05) is 12.1 Å². The van der Waals surface area contributed by atoms with Crippen LogP contribution in [-0.2, 0) is 20.5 Å². The largest absolute Gasteiger partial charge is 0.465 e. The molecule has 1 aromatic rings. The van der Waals surface area contributed by atoms with Crippen LogP contribution in [0.25, 0.3) is 0 Å². The lowest BCUT2D eigenvalue weighted by Crippen LogP contribution is -2.43. The molecular formula is C16H22N2O4S. The third kappa shape index (κ3) is 3.41. The highest BCUT2D eigenvalue weighted by Gasteiger charge is 2.42. The third-order valence-corrected chi connectivity index (χ3v) is 6.54. The second-order valence-electron chi connectivity index (χ2n) is 6.16. The number of nitrogens with zero attached hydrogens (tertiary/aromatic N) is 1. The lowest BCUT2D eigenvalue weighted by Gasteiger charge is -2.27. The van der Waals surface area contributed by atoms with Crippen LogP contribution in [-0.4, -0.2) is 51.0 Å². The first-order valence-corrected chi connectivity index (χ1v) is 9.51. The van der Waals surface area contributed by atoms with E-state index in [1.54, 1.807) is 28.6 Å². The zero-order valence-electron chi connectivity index (χ0n) is 13.2. The molecule has 0 aliphatic carbocycles. The minimum atomic E-state index is -3.40. The molecular weight excluding hydrogens is 316 g/mol. The molecule has 7 heteroatoms. The molecule has 2 fully saturated rings.